The number of rotatable bonds is 5. The summed E-state index contributed by atoms with van der Waals surface area (Å²) in [5, 5.41) is 0. The molecule has 140 valence electrons. The van der Waals surface area contributed by atoms with Gasteiger partial charge in [0.05, 0.1) is 7.11 Å². The Morgan fingerprint density at radius 1 is 1.04 bits per heavy atom. The van der Waals surface area contributed by atoms with Gasteiger partial charge in [-0.15, -0.1) is 0 Å². The molecule has 1 amide bonds. The first kappa shape index (κ1) is 18.6. The van der Waals surface area contributed by atoms with Crippen molar-refractivity contribution in [1.29, 1.82) is 0 Å². The van der Waals surface area contributed by atoms with Crippen molar-refractivity contribution in [2.45, 2.75) is 25.9 Å². The summed E-state index contributed by atoms with van der Waals surface area (Å²) in [6.45, 7) is 1.62. The van der Waals surface area contributed by atoms with Crippen LogP contribution in [0.1, 0.15) is 28.4 Å². The summed E-state index contributed by atoms with van der Waals surface area (Å²) in [5.41, 5.74) is 2.63. The summed E-state index contributed by atoms with van der Waals surface area (Å²) in [5.74, 6) is -0.287. The highest BCUT2D eigenvalue weighted by molar-refractivity contribution is 5.94. The molecule has 6 heteroatoms. The second-order valence-electron chi connectivity index (χ2n) is 6.40. The number of methoxy groups -OCH3 is 1. The summed E-state index contributed by atoms with van der Waals surface area (Å²) < 4.78 is 10.4. The third kappa shape index (κ3) is 4.16. The highest BCUT2D eigenvalue weighted by Crippen LogP contribution is 2.24. The van der Waals surface area contributed by atoms with E-state index in [-0.39, 0.29) is 18.3 Å². The fraction of sp³-hybridized carbons (Fsp3) is 0.286. The largest absolute Gasteiger partial charge is 0.484 e. The van der Waals surface area contributed by atoms with E-state index in [0.717, 1.165) is 11.1 Å². The van der Waals surface area contributed by atoms with E-state index in [1.54, 1.807) is 24.3 Å². The zero-order valence-corrected chi connectivity index (χ0v) is 15.3. The van der Waals surface area contributed by atoms with Crippen LogP contribution in [0.3, 0.4) is 0 Å². The molecule has 0 unspecified atom stereocenters. The van der Waals surface area contributed by atoms with Crippen molar-refractivity contribution < 1.29 is 23.9 Å². The van der Waals surface area contributed by atoms with Crippen molar-refractivity contribution in [2.24, 2.45) is 0 Å². The Kier molecular flexibility index (Phi) is 5.54. The van der Waals surface area contributed by atoms with Crippen molar-refractivity contribution in [2.75, 3.05) is 13.7 Å². The smallest absolute Gasteiger partial charge is 0.328 e. The maximum atomic E-state index is 12.7. The first-order valence-corrected chi connectivity index (χ1v) is 8.67. The van der Waals surface area contributed by atoms with Crippen LogP contribution in [0.5, 0.6) is 5.75 Å². The van der Waals surface area contributed by atoms with Gasteiger partial charge in [0.2, 0.25) is 0 Å². The zero-order valence-electron chi connectivity index (χ0n) is 15.3. The molecular formula is C21H21NO5. The van der Waals surface area contributed by atoms with E-state index in [0.29, 0.717) is 24.3 Å². The standard InChI is InChI=1S/C21H21NO5/c1-14(23)15-7-9-18(10-8-15)27-13-20(24)22-12-17-6-4-3-5-16(17)11-19(22)21(25)26-2/h3-10,19H,11-13H2,1-2H3/t19-/m0/s1. The lowest BCUT2D eigenvalue weighted by Gasteiger charge is -2.35. The number of benzene rings is 2. The van der Waals surface area contributed by atoms with Crippen molar-refractivity contribution in [3.8, 4) is 5.75 Å². The highest BCUT2D eigenvalue weighted by atomic mass is 16.5. The molecule has 1 heterocycles. The van der Waals surface area contributed by atoms with Gasteiger partial charge in [-0.3, -0.25) is 9.59 Å². The molecule has 6 nitrogen and oxygen atoms in total. The van der Waals surface area contributed by atoms with Gasteiger partial charge in [-0.1, -0.05) is 24.3 Å². The van der Waals surface area contributed by atoms with Gasteiger partial charge in [0.25, 0.3) is 5.91 Å². The zero-order chi connectivity index (χ0) is 19.4. The van der Waals surface area contributed by atoms with Crippen molar-refractivity contribution in [3.05, 3.63) is 65.2 Å². The number of fused-ring (bicyclic) bond motifs is 1. The van der Waals surface area contributed by atoms with Crippen LogP contribution in [0, 0.1) is 0 Å². The average Bonchev–Trinajstić information content (AvgIpc) is 2.70. The van der Waals surface area contributed by atoms with Crippen LogP contribution in [-0.2, 0) is 27.3 Å². The molecule has 0 bridgehead atoms. The normalized spacial score (nSPS) is 15.6. The number of amides is 1. The van der Waals surface area contributed by atoms with Crippen molar-refractivity contribution in [3.63, 3.8) is 0 Å². The molecule has 0 saturated heterocycles. The number of ether oxygens (including phenoxy) is 2. The summed E-state index contributed by atoms with van der Waals surface area (Å²) >= 11 is 0. The molecule has 2 aromatic carbocycles. The van der Waals surface area contributed by atoms with E-state index < -0.39 is 12.0 Å². The van der Waals surface area contributed by atoms with E-state index in [4.69, 9.17) is 9.47 Å². The van der Waals surface area contributed by atoms with Crippen LogP contribution in [0.2, 0.25) is 0 Å². The van der Waals surface area contributed by atoms with Crippen LogP contribution in [0.15, 0.2) is 48.5 Å². The Bertz CT molecular complexity index is 859. The number of Topliss-reactive ketones (excluding diaryl/α,β-unsaturated/α-hetero) is 1. The topological polar surface area (TPSA) is 72.9 Å². The summed E-state index contributed by atoms with van der Waals surface area (Å²) in [7, 11) is 1.32. The predicted octanol–water partition coefficient (Wildman–Crippen LogP) is 2.39. The van der Waals surface area contributed by atoms with Crippen LogP contribution >= 0.6 is 0 Å². The lowest BCUT2D eigenvalue weighted by Crippen LogP contribution is -2.50. The minimum absolute atomic E-state index is 0.0365. The second kappa shape index (κ2) is 8.03. The van der Waals surface area contributed by atoms with E-state index in [1.807, 2.05) is 24.3 Å². The molecule has 1 atom stereocenters. The average molecular weight is 367 g/mol. The monoisotopic (exact) mass is 367 g/mol. The maximum absolute atomic E-state index is 12.7. The Labute approximate surface area is 157 Å². The summed E-state index contributed by atoms with van der Waals surface area (Å²) in [6, 6.07) is 13.7. The lowest BCUT2D eigenvalue weighted by molar-refractivity contribution is -0.154. The Morgan fingerprint density at radius 2 is 1.70 bits per heavy atom. The summed E-state index contributed by atoms with van der Waals surface area (Å²) in [4.78, 5) is 37.7. The van der Waals surface area contributed by atoms with Crippen LogP contribution < -0.4 is 4.74 Å². The van der Waals surface area contributed by atoms with Crippen molar-refractivity contribution >= 4 is 17.7 Å². The fourth-order valence-electron chi connectivity index (χ4n) is 3.15. The third-order valence-electron chi connectivity index (χ3n) is 4.67. The number of hydrogen-bond donors (Lipinski definition) is 0. The molecule has 0 saturated carbocycles. The molecule has 2 aromatic rings. The van der Waals surface area contributed by atoms with Gasteiger partial charge in [-0.2, -0.15) is 0 Å². The van der Waals surface area contributed by atoms with Gasteiger partial charge < -0.3 is 14.4 Å². The SMILES string of the molecule is COC(=O)[C@@H]1Cc2ccccc2CN1C(=O)COc1ccc(C(C)=O)cc1. The number of nitrogens with zero attached hydrogens (tertiary/aromatic N) is 1. The molecule has 0 aliphatic carbocycles. The molecule has 1 aliphatic heterocycles. The van der Waals surface area contributed by atoms with Crippen molar-refractivity contribution in [1.82, 2.24) is 4.90 Å². The van der Waals surface area contributed by atoms with Gasteiger partial charge in [-0.05, 0) is 42.3 Å². The molecule has 1 aliphatic rings. The third-order valence-corrected chi connectivity index (χ3v) is 4.67. The number of esters is 1. The van der Waals surface area contributed by atoms with Gasteiger partial charge in [0.1, 0.15) is 11.8 Å². The number of ketones is 1. The van der Waals surface area contributed by atoms with Gasteiger partial charge >= 0.3 is 5.97 Å². The van der Waals surface area contributed by atoms with Gasteiger partial charge in [-0.25, -0.2) is 4.79 Å². The molecular weight excluding hydrogens is 346 g/mol. The van der Waals surface area contributed by atoms with Crippen LogP contribution in [-0.4, -0.2) is 42.3 Å². The van der Waals surface area contributed by atoms with Gasteiger partial charge in [0, 0.05) is 18.5 Å². The van der Waals surface area contributed by atoms with E-state index in [9.17, 15) is 14.4 Å². The molecule has 27 heavy (non-hydrogen) atoms. The number of carbonyl (C=O) groups excluding carboxylic acids is 3. The fourth-order valence-corrected chi connectivity index (χ4v) is 3.15. The van der Waals surface area contributed by atoms with Crippen LogP contribution in [0.4, 0.5) is 0 Å². The Balaban J connectivity index is 1.71. The quantitative estimate of drug-likeness (QED) is 0.599. The molecule has 0 aromatic heterocycles. The molecule has 0 N–H and O–H groups in total. The Hall–Kier alpha value is -3.15. The van der Waals surface area contributed by atoms with Crippen LogP contribution in [0.25, 0.3) is 0 Å². The van der Waals surface area contributed by atoms with E-state index >= 15 is 0 Å². The maximum Gasteiger partial charge on any atom is 0.328 e. The first-order chi connectivity index (χ1) is 13.0. The molecule has 0 fully saturated rings. The van der Waals surface area contributed by atoms with Gasteiger partial charge in [0.15, 0.2) is 12.4 Å². The minimum Gasteiger partial charge on any atom is -0.484 e. The first-order valence-electron chi connectivity index (χ1n) is 8.67. The predicted molar refractivity (Wildman–Crippen MR) is 98.4 cm³/mol. The number of carbonyl (C=O) groups is 3. The lowest BCUT2D eigenvalue weighted by atomic mass is 9.94. The Morgan fingerprint density at radius 3 is 2.33 bits per heavy atom. The van der Waals surface area contributed by atoms with E-state index in [2.05, 4.69) is 0 Å². The molecule has 3 rings (SSSR count). The second-order valence-corrected chi connectivity index (χ2v) is 6.40. The highest BCUT2D eigenvalue weighted by Gasteiger charge is 2.35. The molecule has 0 radical (unpaired) electrons. The molecule has 0 spiro atoms. The van der Waals surface area contributed by atoms with E-state index in [1.165, 1.54) is 18.9 Å². The number of hydrogen-bond acceptors (Lipinski definition) is 5. The minimum atomic E-state index is -0.666. The summed E-state index contributed by atoms with van der Waals surface area (Å²) in [6.07, 6.45) is 0.419.